The van der Waals surface area contributed by atoms with Crippen molar-refractivity contribution in [2.24, 2.45) is 0 Å². The summed E-state index contributed by atoms with van der Waals surface area (Å²) in [5.41, 5.74) is 2.33. The van der Waals surface area contributed by atoms with Crippen LogP contribution >= 0.6 is 0 Å². The molecule has 0 aliphatic heterocycles. The van der Waals surface area contributed by atoms with Gasteiger partial charge in [-0.3, -0.25) is 4.79 Å². The summed E-state index contributed by atoms with van der Waals surface area (Å²) in [4.78, 5) is 15.5. The lowest BCUT2D eigenvalue weighted by molar-refractivity contribution is -0.121. The van der Waals surface area contributed by atoms with Crippen molar-refractivity contribution in [2.75, 3.05) is 0 Å². The minimum atomic E-state index is -0.0106. The standard InChI is InChI=1S/C13H15N3O/c1-11-2-4-12(5-3-11)8-15-13(17)9-16-7-6-14-10-16/h2-7,10H,8-9H2,1H3,(H,15,17). The molecule has 0 unspecified atom stereocenters. The molecule has 1 amide bonds. The van der Waals surface area contributed by atoms with Crippen molar-refractivity contribution in [3.8, 4) is 0 Å². The predicted molar refractivity (Wildman–Crippen MR) is 65.3 cm³/mol. The molecule has 2 aromatic rings. The van der Waals surface area contributed by atoms with Gasteiger partial charge in [-0.05, 0) is 12.5 Å². The van der Waals surface area contributed by atoms with Gasteiger partial charge in [0, 0.05) is 18.9 Å². The third kappa shape index (κ3) is 3.45. The molecule has 0 aliphatic carbocycles. The van der Waals surface area contributed by atoms with Crippen molar-refractivity contribution in [2.45, 2.75) is 20.0 Å². The molecule has 2 rings (SSSR count). The minimum absolute atomic E-state index is 0.0106. The summed E-state index contributed by atoms with van der Waals surface area (Å²) < 4.78 is 1.74. The average molecular weight is 229 g/mol. The van der Waals surface area contributed by atoms with E-state index in [0.717, 1.165) is 5.56 Å². The van der Waals surface area contributed by atoms with Crippen LogP contribution in [0.15, 0.2) is 43.0 Å². The molecular formula is C13H15N3O. The number of carbonyl (C=O) groups excluding carboxylic acids is 1. The molecule has 0 bridgehead atoms. The Morgan fingerprint density at radius 3 is 2.76 bits per heavy atom. The number of hydrogen-bond acceptors (Lipinski definition) is 2. The maximum absolute atomic E-state index is 11.6. The number of aryl methyl sites for hydroxylation is 1. The zero-order valence-electron chi connectivity index (χ0n) is 9.76. The van der Waals surface area contributed by atoms with Crippen LogP contribution in [0.5, 0.6) is 0 Å². The van der Waals surface area contributed by atoms with Crippen LogP contribution in [-0.2, 0) is 17.9 Å². The number of amides is 1. The number of carbonyl (C=O) groups is 1. The van der Waals surface area contributed by atoms with Crippen LogP contribution in [0.25, 0.3) is 0 Å². The molecule has 0 radical (unpaired) electrons. The molecule has 0 aliphatic rings. The van der Waals surface area contributed by atoms with Crippen molar-refractivity contribution in [1.82, 2.24) is 14.9 Å². The zero-order valence-corrected chi connectivity index (χ0v) is 9.76. The Balaban J connectivity index is 1.82. The van der Waals surface area contributed by atoms with Gasteiger partial charge in [-0.2, -0.15) is 0 Å². The second-order valence-corrected chi connectivity index (χ2v) is 4.00. The van der Waals surface area contributed by atoms with Gasteiger partial charge in [0.15, 0.2) is 0 Å². The Labute approximate surface area is 100 Å². The summed E-state index contributed by atoms with van der Waals surface area (Å²) in [6.45, 7) is 2.92. The highest BCUT2D eigenvalue weighted by Crippen LogP contribution is 2.02. The van der Waals surface area contributed by atoms with Crippen LogP contribution in [0.1, 0.15) is 11.1 Å². The molecule has 0 saturated carbocycles. The van der Waals surface area contributed by atoms with Crippen LogP contribution < -0.4 is 5.32 Å². The van der Waals surface area contributed by atoms with Crippen molar-refractivity contribution >= 4 is 5.91 Å². The van der Waals surface area contributed by atoms with E-state index in [1.165, 1.54) is 5.56 Å². The lowest BCUT2D eigenvalue weighted by Crippen LogP contribution is -2.26. The van der Waals surface area contributed by atoms with Gasteiger partial charge in [0.25, 0.3) is 0 Å². The molecule has 1 heterocycles. The molecule has 4 heteroatoms. The second-order valence-electron chi connectivity index (χ2n) is 4.00. The molecular weight excluding hydrogens is 214 g/mol. The van der Waals surface area contributed by atoms with E-state index in [-0.39, 0.29) is 5.91 Å². The largest absolute Gasteiger partial charge is 0.350 e. The van der Waals surface area contributed by atoms with Crippen LogP contribution in [0.2, 0.25) is 0 Å². The number of imidazole rings is 1. The van der Waals surface area contributed by atoms with Crippen molar-refractivity contribution in [3.05, 3.63) is 54.1 Å². The first kappa shape index (κ1) is 11.4. The zero-order chi connectivity index (χ0) is 12.1. The quantitative estimate of drug-likeness (QED) is 0.863. The lowest BCUT2D eigenvalue weighted by atomic mass is 10.1. The van der Waals surface area contributed by atoms with E-state index in [0.29, 0.717) is 13.1 Å². The highest BCUT2D eigenvalue weighted by Gasteiger charge is 2.01. The third-order valence-electron chi connectivity index (χ3n) is 2.50. The normalized spacial score (nSPS) is 10.2. The molecule has 88 valence electrons. The number of aromatic nitrogens is 2. The summed E-state index contributed by atoms with van der Waals surface area (Å²) >= 11 is 0. The first-order valence-electron chi connectivity index (χ1n) is 5.52. The summed E-state index contributed by atoms with van der Waals surface area (Å²) in [6.07, 6.45) is 5.06. The third-order valence-corrected chi connectivity index (χ3v) is 2.50. The van der Waals surface area contributed by atoms with E-state index in [4.69, 9.17) is 0 Å². The smallest absolute Gasteiger partial charge is 0.240 e. The number of benzene rings is 1. The molecule has 0 spiro atoms. The summed E-state index contributed by atoms with van der Waals surface area (Å²) in [7, 11) is 0. The van der Waals surface area contributed by atoms with Crippen LogP contribution in [-0.4, -0.2) is 15.5 Å². The van der Waals surface area contributed by atoms with Crippen molar-refractivity contribution < 1.29 is 4.79 Å². The summed E-state index contributed by atoms with van der Waals surface area (Å²) in [5, 5.41) is 2.87. The predicted octanol–water partition coefficient (Wildman–Crippen LogP) is 1.51. The average Bonchev–Trinajstić information content (AvgIpc) is 2.81. The molecule has 1 aromatic carbocycles. The Morgan fingerprint density at radius 2 is 2.12 bits per heavy atom. The number of nitrogens with zero attached hydrogens (tertiary/aromatic N) is 2. The minimum Gasteiger partial charge on any atom is -0.350 e. The number of hydrogen-bond donors (Lipinski definition) is 1. The Bertz CT molecular complexity index is 474. The first-order chi connectivity index (χ1) is 8.24. The van der Waals surface area contributed by atoms with Gasteiger partial charge in [0.2, 0.25) is 5.91 Å². The van der Waals surface area contributed by atoms with Gasteiger partial charge in [-0.25, -0.2) is 4.98 Å². The van der Waals surface area contributed by atoms with Crippen LogP contribution in [0.4, 0.5) is 0 Å². The SMILES string of the molecule is Cc1ccc(CNC(=O)Cn2ccnc2)cc1. The van der Waals surface area contributed by atoms with Gasteiger partial charge in [0.05, 0.1) is 6.33 Å². The van der Waals surface area contributed by atoms with Gasteiger partial charge in [-0.1, -0.05) is 29.8 Å². The molecule has 1 N–H and O–H groups in total. The first-order valence-corrected chi connectivity index (χ1v) is 5.52. The second kappa shape index (κ2) is 5.30. The fraction of sp³-hybridized carbons (Fsp3) is 0.231. The topological polar surface area (TPSA) is 46.9 Å². The number of rotatable bonds is 4. The molecule has 0 fully saturated rings. The fourth-order valence-corrected chi connectivity index (χ4v) is 1.51. The highest BCUT2D eigenvalue weighted by molar-refractivity contribution is 5.75. The monoisotopic (exact) mass is 229 g/mol. The van der Waals surface area contributed by atoms with E-state index < -0.39 is 0 Å². The van der Waals surface area contributed by atoms with E-state index in [1.54, 1.807) is 23.3 Å². The van der Waals surface area contributed by atoms with Gasteiger partial charge >= 0.3 is 0 Å². The molecule has 4 nitrogen and oxygen atoms in total. The van der Waals surface area contributed by atoms with Crippen molar-refractivity contribution in [3.63, 3.8) is 0 Å². The molecule has 0 saturated heterocycles. The number of nitrogens with one attached hydrogen (secondary N) is 1. The molecule has 17 heavy (non-hydrogen) atoms. The maximum atomic E-state index is 11.6. The molecule has 0 atom stereocenters. The van der Waals surface area contributed by atoms with E-state index in [9.17, 15) is 4.79 Å². The Morgan fingerprint density at radius 1 is 1.35 bits per heavy atom. The van der Waals surface area contributed by atoms with E-state index >= 15 is 0 Å². The van der Waals surface area contributed by atoms with Gasteiger partial charge in [-0.15, -0.1) is 0 Å². The highest BCUT2D eigenvalue weighted by atomic mass is 16.1. The van der Waals surface area contributed by atoms with Crippen molar-refractivity contribution in [1.29, 1.82) is 0 Å². The molecule has 1 aromatic heterocycles. The van der Waals surface area contributed by atoms with Gasteiger partial charge in [0.1, 0.15) is 6.54 Å². The van der Waals surface area contributed by atoms with Crippen LogP contribution in [0, 0.1) is 6.92 Å². The summed E-state index contributed by atoms with van der Waals surface area (Å²) in [6, 6.07) is 8.12. The lowest BCUT2D eigenvalue weighted by Gasteiger charge is -2.06. The maximum Gasteiger partial charge on any atom is 0.240 e. The fourth-order valence-electron chi connectivity index (χ4n) is 1.51. The van der Waals surface area contributed by atoms with Crippen LogP contribution in [0.3, 0.4) is 0 Å². The van der Waals surface area contributed by atoms with Gasteiger partial charge < -0.3 is 9.88 Å². The Hall–Kier alpha value is -2.10. The summed E-state index contributed by atoms with van der Waals surface area (Å²) in [5.74, 6) is -0.0106. The Kier molecular flexibility index (Phi) is 3.55. The van der Waals surface area contributed by atoms with E-state index in [2.05, 4.69) is 10.3 Å². The van der Waals surface area contributed by atoms with E-state index in [1.807, 2.05) is 31.2 Å².